The highest BCUT2D eigenvalue weighted by molar-refractivity contribution is 7.17. The maximum atomic E-state index is 12.3. The number of nitrogens with one attached hydrogen (secondary N) is 1. The molecule has 0 aliphatic heterocycles. The lowest BCUT2D eigenvalue weighted by Crippen LogP contribution is -2.29. The van der Waals surface area contributed by atoms with Gasteiger partial charge in [-0.05, 0) is 23.1 Å². The molecule has 0 saturated heterocycles. The molecule has 1 amide bonds. The average molecular weight is 348 g/mol. The summed E-state index contributed by atoms with van der Waals surface area (Å²) >= 11 is 7.43. The highest BCUT2D eigenvalue weighted by Crippen LogP contribution is 2.17. The SMILES string of the molecule is CN(Cc1nc2ccsc2c(=O)[nH]1)C(=O)Cc1ccccc1Cl. The van der Waals surface area contributed by atoms with Gasteiger partial charge in [0.1, 0.15) is 10.5 Å². The first kappa shape index (κ1) is 15.7. The van der Waals surface area contributed by atoms with E-state index in [0.717, 1.165) is 5.56 Å². The van der Waals surface area contributed by atoms with E-state index in [2.05, 4.69) is 9.97 Å². The summed E-state index contributed by atoms with van der Waals surface area (Å²) in [6, 6.07) is 9.05. The fourth-order valence-corrected chi connectivity index (χ4v) is 3.18. The molecule has 0 saturated carbocycles. The second-order valence-electron chi connectivity index (χ2n) is 5.17. The minimum atomic E-state index is -0.174. The third-order valence-electron chi connectivity index (χ3n) is 3.48. The van der Waals surface area contributed by atoms with Crippen molar-refractivity contribution < 1.29 is 4.79 Å². The molecule has 2 aromatic heterocycles. The summed E-state index contributed by atoms with van der Waals surface area (Å²) in [6.45, 7) is 0.240. The summed E-state index contributed by atoms with van der Waals surface area (Å²) in [5.74, 6) is 0.377. The third-order valence-corrected chi connectivity index (χ3v) is 4.75. The lowest BCUT2D eigenvalue weighted by molar-refractivity contribution is -0.129. The second kappa shape index (κ2) is 6.52. The van der Waals surface area contributed by atoms with E-state index >= 15 is 0 Å². The number of nitrogens with zero attached hydrogens (tertiary/aromatic N) is 2. The van der Waals surface area contributed by atoms with Crippen LogP contribution in [0.25, 0.3) is 10.2 Å². The number of H-pyrrole nitrogens is 1. The summed E-state index contributed by atoms with van der Waals surface area (Å²) in [5, 5.41) is 2.39. The number of aromatic nitrogens is 2. The Hall–Kier alpha value is -2.18. The number of carbonyl (C=O) groups excluding carboxylic acids is 1. The van der Waals surface area contributed by atoms with E-state index in [0.29, 0.717) is 21.1 Å². The van der Waals surface area contributed by atoms with Gasteiger partial charge in [0.05, 0.1) is 18.5 Å². The van der Waals surface area contributed by atoms with Crippen LogP contribution in [0.3, 0.4) is 0 Å². The number of likely N-dealkylation sites (N-methyl/N-ethyl adjacent to an activating group) is 1. The number of carbonyl (C=O) groups is 1. The van der Waals surface area contributed by atoms with Crippen molar-refractivity contribution in [3.8, 4) is 0 Å². The van der Waals surface area contributed by atoms with Crippen LogP contribution in [0.2, 0.25) is 5.02 Å². The van der Waals surface area contributed by atoms with Gasteiger partial charge < -0.3 is 9.88 Å². The molecule has 3 rings (SSSR count). The molecule has 3 aromatic rings. The number of thiophene rings is 1. The van der Waals surface area contributed by atoms with E-state index in [1.54, 1.807) is 19.2 Å². The van der Waals surface area contributed by atoms with Gasteiger partial charge in [-0.3, -0.25) is 9.59 Å². The first-order chi connectivity index (χ1) is 11.0. The number of halogens is 1. The topological polar surface area (TPSA) is 66.1 Å². The molecule has 0 atom stereocenters. The fraction of sp³-hybridized carbons (Fsp3) is 0.188. The molecule has 0 radical (unpaired) electrons. The molecule has 0 bridgehead atoms. The van der Waals surface area contributed by atoms with Gasteiger partial charge >= 0.3 is 0 Å². The van der Waals surface area contributed by atoms with Crippen molar-refractivity contribution in [1.29, 1.82) is 0 Å². The van der Waals surface area contributed by atoms with E-state index in [1.807, 2.05) is 23.6 Å². The Morgan fingerprint density at radius 2 is 2.13 bits per heavy atom. The summed E-state index contributed by atoms with van der Waals surface area (Å²) in [6.07, 6.45) is 0.209. The van der Waals surface area contributed by atoms with E-state index in [1.165, 1.54) is 16.2 Å². The number of fused-ring (bicyclic) bond motifs is 1. The average Bonchev–Trinajstić information content (AvgIpc) is 2.98. The zero-order valence-corrected chi connectivity index (χ0v) is 13.9. The number of hydrogen-bond acceptors (Lipinski definition) is 4. The Morgan fingerprint density at radius 1 is 1.35 bits per heavy atom. The molecule has 1 aromatic carbocycles. The Balaban J connectivity index is 1.75. The number of benzene rings is 1. The minimum absolute atomic E-state index is 0.0915. The first-order valence-electron chi connectivity index (χ1n) is 6.98. The predicted molar refractivity (Wildman–Crippen MR) is 91.9 cm³/mol. The van der Waals surface area contributed by atoms with Gasteiger partial charge in [-0.15, -0.1) is 11.3 Å². The highest BCUT2D eigenvalue weighted by atomic mass is 35.5. The lowest BCUT2D eigenvalue weighted by atomic mass is 10.1. The molecule has 1 N–H and O–H groups in total. The van der Waals surface area contributed by atoms with Crippen LogP contribution in [0, 0.1) is 0 Å². The van der Waals surface area contributed by atoms with E-state index in [4.69, 9.17) is 11.6 Å². The van der Waals surface area contributed by atoms with Crippen molar-refractivity contribution in [3.63, 3.8) is 0 Å². The third kappa shape index (κ3) is 3.43. The van der Waals surface area contributed by atoms with Crippen molar-refractivity contribution >= 4 is 39.1 Å². The number of hydrogen-bond donors (Lipinski definition) is 1. The van der Waals surface area contributed by atoms with Gasteiger partial charge in [0.2, 0.25) is 5.91 Å². The predicted octanol–water partition coefficient (Wildman–Crippen LogP) is 2.84. The molecule has 0 aliphatic rings. The molecule has 0 spiro atoms. The zero-order valence-electron chi connectivity index (χ0n) is 12.4. The van der Waals surface area contributed by atoms with Crippen LogP contribution < -0.4 is 5.56 Å². The molecule has 2 heterocycles. The molecule has 5 nitrogen and oxygen atoms in total. The Morgan fingerprint density at radius 3 is 2.91 bits per heavy atom. The molecule has 0 fully saturated rings. The van der Waals surface area contributed by atoms with Crippen LogP contribution in [-0.4, -0.2) is 27.8 Å². The number of rotatable bonds is 4. The van der Waals surface area contributed by atoms with Crippen LogP contribution in [0.1, 0.15) is 11.4 Å². The smallest absolute Gasteiger partial charge is 0.268 e. The van der Waals surface area contributed by atoms with Gasteiger partial charge in [0.15, 0.2) is 0 Å². The standard InChI is InChI=1S/C16H14ClN3O2S/c1-20(14(21)8-10-4-2-3-5-11(10)17)9-13-18-12-6-7-23-15(12)16(22)19-13/h2-7H,8-9H2,1H3,(H,18,19,22). The largest absolute Gasteiger partial charge is 0.338 e. The normalized spacial score (nSPS) is 10.9. The quantitative estimate of drug-likeness (QED) is 0.789. The summed E-state index contributed by atoms with van der Waals surface area (Å²) in [5.41, 5.74) is 1.26. The van der Waals surface area contributed by atoms with Gasteiger partial charge in [-0.25, -0.2) is 4.98 Å². The highest BCUT2D eigenvalue weighted by Gasteiger charge is 2.14. The van der Waals surface area contributed by atoms with E-state index in [9.17, 15) is 9.59 Å². The van der Waals surface area contributed by atoms with E-state index in [-0.39, 0.29) is 24.4 Å². The molecular weight excluding hydrogens is 334 g/mol. The summed E-state index contributed by atoms with van der Waals surface area (Å²) < 4.78 is 0.596. The van der Waals surface area contributed by atoms with Crippen LogP contribution >= 0.6 is 22.9 Å². The maximum absolute atomic E-state index is 12.3. The monoisotopic (exact) mass is 347 g/mol. The van der Waals surface area contributed by atoms with Crippen LogP contribution in [0.5, 0.6) is 0 Å². The van der Waals surface area contributed by atoms with Gasteiger partial charge in [-0.1, -0.05) is 29.8 Å². The number of aromatic amines is 1. The number of amides is 1. The van der Waals surface area contributed by atoms with Crippen molar-refractivity contribution in [3.05, 3.63) is 62.5 Å². The van der Waals surface area contributed by atoms with Crippen molar-refractivity contribution in [2.75, 3.05) is 7.05 Å². The first-order valence-corrected chi connectivity index (χ1v) is 8.24. The van der Waals surface area contributed by atoms with E-state index < -0.39 is 0 Å². The Labute approximate surface area is 141 Å². The second-order valence-corrected chi connectivity index (χ2v) is 6.49. The van der Waals surface area contributed by atoms with Crippen molar-refractivity contribution in [1.82, 2.24) is 14.9 Å². The zero-order chi connectivity index (χ0) is 16.4. The summed E-state index contributed by atoms with van der Waals surface area (Å²) in [4.78, 5) is 32.9. The summed E-state index contributed by atoms with van der Waals surface area (Å²) in [7, 11) is 1.68. The molecule has 23 heavy (non-hydrogen) atoms. The van der Waals surface area contributed by atoms with Gasteiger partial charge in [-0.2, -0.15) is 0 Å². The maximum Gasteiger partial charge on any atom is 0.268 e. The minimum Gasteiger partial charge on any atom is -0.338 e. The van der Waals surface area contributed by atoms with Crippen LogP contribution in [-0.2, 0) is 17.8 Å². The van der Waals surface area contributed by atoms with Crippen LogP contribution in [0.4, 0.5) is 0 Å². The Bertz CT molecular complexity index is 919. The lowest BCUT2D eigenvalue weighted by Gasteiger charge is -2.17. The molecular formula is C16H14ClN3O2S. The Kier molecular flexibility index (Phi) is 4.45. The molecule has 0 unspecified atom stereocenters. The molecule has 0 aliphatic carbocycles. The van der Waals surface area contributed by atoms with Crippen molar-refractivity contribution in [2.24, 2.45) is 0 Å². The van der Waals surface area contributed by atoms with Gasteiger partial charge in [0.25, 0.3) is 5.56 Å². The van der Waals surface area contributed by atoms with Crippen LogP contribution in [0.15, 0.2) is 40.5 Å². The molecule has 7 heteroatoms. The molecule has 118 valence electrons. The van der Waals surface area contributed by atoms with Crippen molar-refractivity contribution in [2.45, 2.75) is 13.0 Å². The van der Waals surface area contributed by atoms with Gasteiger partial charge in [0, 0.05) is 12.1 Å². The fourth-order valence-electron chi connectivity index (χ4n) is 2.25.